The number of hydrogen-bond donors (Lipinski definition) is 1. The van der Waals surface area contributed by atoms with E-state index in [1.54, 1.807) is 22.9 Å². The Morgan fingerprint density at radius 1 is 1.20 bits per heavy atom. The molecule has 0 atom stereocenters. The van der Waals surface area contributed by atoms with Gasteiger partial charge in [-0.3, -0.25) is 9.59 Å². The van der Waals surface area contributed by atoms with E-state index >= 15 is 0 Å². The summed E-state index contributed by atoms with van der Waals surface area (Å²) in [5.41, 5.74) is 8.95. The van der Waals surface area contributed by atoms with Crippen molar-refractivity contribution in [3.8, 4) is 0 Å². The zero-order valence-electron chi connectivity index (χ0n) is 12.3. The number of nitrogen functional groups attached to an aromatic ring is 1. The van der Waals surface area contributed by atoms with Crippen molar-refractivity contribution in [2.24, 2.45) is 0 Å². The lowest BCUT2D eigenvalue weighted by atomic mass is 10.0. The van der Waals surface area contributed by atoms with Crippen LogP contribution in [0.15, 0.2) is 12.1 Å². The summed E-state index contributed by atoms with van der Waals surface area (Å²) < 4.78 is 0. The minimum absolute atomic E-state index is 0.0198. The number of carbonyl (C=O) groups is 2. The summed E-state index contributed by atoms with van der Waals surface area (Å²) in [5.74, 6) is -0.133. The van der Waals surface area contributed by atoms with Gasteiger partial charge in [0, 0.05) is 31.4 Å². The first-order valence-corrected chi connectivity index (χ1v) is 6.80. The molecule has 1 aliphatic rings. The first kappa shape index (κ1) is 14.4. The second-order valence-electron chi connectivity index (χ2n) is 5.42. The second kappa shape index (κ2) is 5.53. The third kappa shape index (κ3) is 2.76. The van der Waals surface area contributed by atoms with Crippen molar-refractivity contribution in [1.82, 2.24) is 9.80 Å². The summed E-state index contributed by atoms with van der Waals surface area (Å²) >= 11 is 0. The number of benzene rings is 1. The number of nitrogens with zero attached hydrogens (tertiary/aromatic N) is 2. The van der Waals surface area contributed by atoms with E-state index in [0.717, 1.165) is 17.5 Å². The van der Waals surface area contributed by atoms with Gasteiger partial charge in [0.15, 0.2) is 0 Å². The molecule has 1 aliphatic heterocycles. The Hall–Kier alpha value is -2.04. The van der Waals surface area contributed by atoms with Gasteiger partial charge < -0.3 is 15.5 Å². The number of hydrogen-bond acceptors (Lipinski definition) is 3. The number of amides is 2. The first-order chi connectivity index (χ1) is 9.40. The van der Waals surface area contributed by atoms with Gasteiger partial charge in [0.1, 0.15) is 6.54 Å². The molecule has 2 amide bonds. The Balaban J connectivity index is 2.27. The maximum atomic E-state index is 12.6. The maximum absolute atomic E-state index is 12.6. The highest BCUT2D eigenvalue weighted by molar-refractivity contribution is 5.98. The molecule has 0 radical (unpaired) electrons. The van der Waals surface area contributed by atoms with Crippen molar-refractivity contribution >= 4 is 17.5 Å². The molecule has 0 aliphatic carbocycles. The van der Waals surface area contributed by atoms with E-state index < -0.39 is 0 Å². The molecule has 0 bridgehead atoms. The fourth-order valence-corrected chi connectivity index (χ4v) is 2.43. The van der Waals surface area contributed by atoms with Gasteiger partial charge in [-0.2, -0.15) is 0 Å². The van der Waals surface area contributed by atoms with E-state index in [4.69, 9.17) is 5.73 Å². The Labute approximate surface area is 119 Å². The van der Waals surface area contributed by atoms with Crippen molar-refractivity contribution in [2.45, 2.75) is 20.3 Å². The summed E-state index contributed by atoms with van der Waals surface area (Å²) in [4.78, 5) is 27.7. The van der Waals surface area contributed by atoms with E-state index in [1.165, 1.54) is 0 Å². The van der Waals surface area contributed by atoms with Gasteiger partial charge in [-0.1, -0.05) is 6.07 Å². The van der Waals surface area contributed by atoms with Crippen molar-refractivity contribution < 1.29 is 9.59 Å². The largest absolute Gasteiger partial charge is 0.398 e. The summed E-state index contributed by atoms with van der Waals surface area (Å²) in [6, 6.07) is 3.63. The van der Waals surface area contributed by atoms with E-state index in [1.807, 2.05) is 19.9 Å². The minimum Gasteiger partial charge on any atom is -0.398 e. The molecular formula is C15H21N3O2. The van der Waals surface area contributed by atoms with E-state index in [9.17, 15) is 9.59 Å². The number of rotatable bonds is 1. The van der Waals surface area contributed by atoms with Crippen LogP contribution in [-0.4, -0.2) is 48.3 Å². The molecule has 20 heavy (non-hydrogen) atoms. The molecule has 5 nitrogen and oxygen atoms in total. The predicted octanol–water partition coefficient (Wildman–Crippen LogP) is 1.19. The van der Waals surface area contributed by atoms with Crippen LogP contribution in [0.25, 0.3) is 0 Å². The van der Waals surface area contributed by atoms with Crippen molar-refractivity contribution in [2.75, 3.05) is 32.4 Å². The predicted molar refractivity (Wildman–Crippen MR) is 78.5 cm³/mol. The van der Waals surface area contributed by atoms with Gasteiger partial charge in [0.2, 0.25) is 5.91 Å². The van der Waals surface area contributed by atoms with Gasteiger partial charge in [-0.25, -0.2) is 0 Å². The van der Waals surface area contributed by atoms with Crippen LogP contribution in [0.3, 0.4) is 0 Å². The molecule has 1 heterocycles. The summed E-state index contributed by atoms with van der Waals surface area (Å²) in [6.07, 6.45) is 0.800. The molecule has 2 rings (SSSR count). The quantitative estimate of drug-likeness (QED) is 0.783. The average molecular weight is 275 g/mol. The highest BCUT2D eigenvalue weighted by Crippen LogP contribution is 2.20. The first-order valence-electron chi connectivity index (χ1n) is 6.80. The lowest BCUT2D eigenvalue weighted by Crippen LogP contribution is -2.38. The van der Waals surface area contributed by atoms with Crippen LogP contribution >= 0.6 is 0 Å². The number of carbonyl (C=O) groups excluding carboxylic acids is 2. The van der Waals surface area contributed by atoms with Gasteiger partial charge in [-0.15, -0.1) is 0 Å². The summed E-state index contributed by atoms with van der Waals surface area (Å²) in [7, 11) is 1.77. The molecule has 0 aromatic heterocycles. The van der Waals surface area contributed by atoms with Crippen molar-refractivity contribution in [1.29, 1.82) is 0 Å². The lowest BCUT2D eigenvalue weighted by Gasteiger charge is -2.21. The van der Waals surface area contributed by atoms with E-state index in [-0.39, 0.29) is 18.4 Å². The van der Waals surface area contributed by atoms with Gasteiger partial charge in [-0.05, 0) is 37.5 Å². The lowest BCUT2D eigenvalue weighted by molar-refractivity contribution is -0.129. The van der Waals surface area contributed by atoms with Crippen molar-refractivity contribution in [3.63, 3.8) is 0 Å². The number of nitrogens with two attached hydrogens (primary N) is 1. The van der Waals surface area contributed by atoms with Crippen LogP contribution in [0.2, 0.25) is 0 Å². The smallest absolute Gasteiger partial charge is 0.254 e. The molecular weight excluding hydrogens is 254 g/mol. The standard InChI is InChI=1S/C15H21N3O2/c1-10-7-11(2)13(16)8-12(10)15(20)18-6-4-5-17(3)14(19)9-18/h7-8H,4-6,9,16H2,1-3H3. The normalized spacial score (nSPS) is 16.2. The number of anilines is 1. The third-order valence-corrected chi connectivity index (χ3v) is 3.80. The van der Waals surface area contributed by atoms with Crippen LogP contribution in [0, 0.1) is 13.8 Å². The molecule has 2 N–H and O–H groups in total. The fourth-order valence-electron chi connectivity index (χ4n) is 2.43. The van der Waals surface area contributed by atoms with Crippen molar-refractivity contribution in [3.05, 3.63) is 28.8 Å². The molecule has 1 fully saturated rings. The van der Waals surface area contributed by atoms with Crippen LogP contribution < -0.4 is 5.73 Å². The van der Waals surface area contributed by atoms with Crippen LogP contribution in [0.5, 0.6) is 0 Å². The zero-order chi connectivity index (χ0) is 14.9. The van der Waals surface area contributed by atoms with Gasteiger partial charge in [0.05, 0.1) is 0 Å². The highest BCUT2D eigenvalue weighted by atomic mass is 16.2. The number of aryl methyl sites for hydroxylation is 2. The highest BCUT2D eigenvalue weighted by Gasteiger charge is 2.24. The van der Waals surface area contributed by atoms with Gasteiger partial charge >= 0.3 is 0 Å². The van der Waals surface area contributed by atoms with Gasteiger partial charge in [0.25, 0.3) is 5.91 Å². The Morgan fingerprint density at radius 2 is 1.90 bits per heavy atom. The van der Waals surface area contributed by atoms with Crippen LogP contribution in [0.1, 0.15) is 27.9 Å². The zero-order valence-corrected chi connectivity index (χ0v) is 12.3. The minimum atomic E-state index is -0.113. The Bertz CT molecular complexity index is 554. The Kier molecular flexibility index (Phi) is 3.97. The van der Waals surface area contributed by atoms with Crippen LogP contribution in [0.4, 0.5) is 5.69 Å². The second-order valence-corrected chi connectivity index (χ2v) is 5.42. The number of likely N-dealkylation sites (N-methyl/N-ethyl adjacent to an activating group) is 1. The molecule has 0 unspecified atom stereocenters. The average Bonchev–Trinajstić information content (AvgIpc) is 2.56. The maximum Gasteiger partial charge on any atom is 0.254 e. The van der Waals surface area contributed by atoms with Crippen LogP contribution in [-0.2, 0) is 4.79 Å². The fraction of sp³-hybridized carbons (Fsp3) is 0.467. The molecule has 1 aromatic carbocycles. The third-order valence-electron chi connectivity index (χ3n) is 3.80. The molecule has 1 aromatic rings. The summed E-state index contributed by atoms with van der Waals surface area (Å²) in [5, 5.41) is 0. The van der Waals surface area contributed by atoms with E-state index in [0.29, 0.717) is 24.3 Å². The Morgan fingerprint density at radius 3 is 2.60 bits per heavy atom. The monoisotopic (exact) mass is 275 g/mol. The SMILES string of the molecule is Cc1cc(C)c(C(=O)N2CCCN(C)C(=O)C2)cc1N. The topological polar surface area (TPSA) is 66.6 Å². The molecule has 5 heteroatoms. The molecule has 0 saturated carbocycles. The summed E-state index contributed by atoms with van der Waals surface area (Å²) in [6.45, 7) is 5.24. The molecule has 0 spiro atoms. The molecule has 108 valence electrons. The molecule has 1 saturated heterocycles. The van der Waals surface area contributed by atoms with E-state index in [2.05, 4.69) is 0 Å².